The zero-order valence-corrected chi connectivity index (χ0v) is 19.9. The van der Waals surface area contributed by atoms with E-state index in [0.717, 1.165) is 24.2 Å². The van der Waals surface area contributed by atoms with E-state index >= 15 is 0 Å². The number of hydrogen-bond donors (Lipinski definition) is 2. The minimum absolute atomic E-state index is 0.120. The number of aryl methyl sites for hydroxylation is 1. The van der Waals surface area contributed by atoms with Gasteiger partial charge in [-0.1, -0.05) is 19.9 Å². The lowest BCUT2D eigenvalue weighted by atomic mass is 9.95. The fraction of sp³-hybridized carbons (Fsp3) is 0.440. The van der Waals surface area contributed by atoms with E-state index in [9.17, 15) is 14.7 Å². The smallest absolute Gasteiger partial charge is 0.234 e. The Morgan fingerprint density at radius 1 is 1.09 bits per heavy atom. The summed E-state index contributed by atoms with van der Waals surface area (Å²) in [6.45, 7) is 5.81. The molecule has 2 aromatic carbocycles. The molecule has 0 fully saturated rings. The van der Waals surface area contributed by atoms with E-state index in [-0.39, 0.29) is 18.2 Å². The number of methoxy groups -OCH3 is 3. The molecule has 2 N–H and O–H groups in total. The van der Waals surface area contributed by atoms with Gasteiger partial charge in [0.25, 0.3) is 0 Å². The number of hydrogen-bond acceptors (Lipinski definition) is 7. The predicted molar refractivity (Wildman–Crippen MR) is 126 cm³/mol. The summed E-state index contributed by atoms with van der Waals surface area (Å²) in [7, 11) is 4.64. The lowest BCUT2D eigenvalue weighted by molar-refractivity contribution is -0.123. The van der Waals surface area contributed by atoms with Gasteiger partial charge < -0.3 is 24.6 Å². The van der Waals surface area contributed by atoms with Gasteiger partial charge in [-0.25, -0.2) is 0 Å². The zero-order chi connectivity index (χ0) is 24.1. The number of nitrogens with one attached hydrogen (secondary N) is 1. The second-order valence-electron chi connectivity index (χ2n) is 7.90. The van der Waals surface area contributed by atoms with E-state index in [0.29, 0.717) is 41.2 Å². The number of aromatic hydroxyl groups is 1. The van der Waals surface area contributed by atoms with Crippen molar-refractivity contribution in [2.24, 2.45) is 0 Å². The van der Waals surface area contributed by atoms with Gasteiger partial charge in [-0.05, 0) is 60.8 Å². The molecular weight excluding hydrogens is 424 g/mol. The molecule has 0 aliphatic heterocycles. The van der Waals surface area contributed by atoms with Gasteiger partial charge in [0.2, 0.25) is 17.1 Å². The number of amides is 1. The maximum Gasteiger partial charge on any atom is 0.234 e. The Morgan fingerprint density at radius 3 is 2.39 bits per heavy atom. The Bertz CT molecular complexity index is 1080. The predicted octanol–water partition coefficient (Wildman–Crippen LogP) is 2.89. The summed E-state index contributed by atoms with van der Waals surface area (Å²) in [6.07, 6.45) is 1.17. The van der Waals surface area contributed by atoms with E-state index in [1.165, 1.54) is 19.2 Å². The van der Waals surface area contributed by atoms with Crippen LogP contribution < -0.4 is 25.0 Å². The number of nitrogens with zero attached hydrogens (tertiary/aromatic N) is 1. The molecule has 0 spiro atoms. The molecule has 1 aliphatic carbocycles. The quantitative estimate of drug-likeness (QED) is 0.630. The molecular formula is C25H32N2O6. The topological polar surface area (TPSA) is 97.3 Å². The van der Waals surface area contributed by atoms with E-state index < -0.39 is 11.5 Å². The molecule has 3 rings (SSSR count). The summed E-state index contributed by atoms with van der Waals surface area (Å²) in [5, 5.41) is 13.2. The fourth-order valence-electron chi connectivity index (χ4n) is 4.34. The highest BCUT2D eigenvalue weighted by Crippen LogP contribution is 2.50. The van der Waals surface area contributed by atoms with Crippen LogP contribution in [0.25, 0.3) is 11.1 Å². The SMILES string of the molecule is CCN(CC)CC(=O)N[C@H]1CCc2cc(OC)c(OC)c(OC)c2-c2ccc(O)c(=O)cc21. The molecule has 33 heavy (non-hydrogen) atoms. The summed E-state index contributed by atoms with van der Waals surface area (Å²) in [4.78, 5) is 27.4. The molecule has 0 heterocycles. The van der Waals surface area contributed by atoms with Gasteiger partial charge in [0.1, 0.15) is 0 Å². The third-order valence-corrected chi connectivity index (χ3v) is 6.11. The molecule has 8 nitrogen and oxygen atoms in total. The lowest BCUT2D eigenvalue weighted by Gasteiger charge is -2.22. The van der Waals surface area contributed by atoms with Gasteiger partial charge in [0.15, 0.2) is 17.2 Å². The van der Waals surface area contributed by atoms with Gasteiger partial charge in [-0.15, -0.1) is 0 Å². The Balaban J connectivity index is 2.20. The third-order valence-electron chi connectivity index (χ3n) is 6.11. The molecule has 0 saturated heterocycles. The molecule has 0 aromatic heterocycles. The minimum atomic E-state index is -0.512. The number of ether oxygens (including phenoxy) is 3. The fourth-order valence-corrected chi connectivity index (χ4v) is 4.34. The minimum Gasteiger partial charge on any atom is -0.504 e. The number of likely N-dealkylation sites (N-methyl/N-ethyl adjacent to an activating group) is 1. The molecule has 8 heteroatoms. The number of rotatable bonds is 8. The van der Waals surface area contributed by atoms with Gasteiger partial charge in [-0.2, -0.15) is 0 Å². The van der Waals surface area contributed by atoms with E-state index in [4.69, 9.17) is 14.2 Å². The van der Waals surface area contributed by atoms with Crippen molar-refractivity contribution < 1.29 is 24.1 Å². The summed E-state index contributed by atoms with van der Waals surface area (Å²) in [6, 6.07) is 5.94. The number of carbonyl (C=O) groups excluding carboxylic acids is 1. The standard InChI is InChI=1S/C25H32N2O6/c1-6-27(7-2)14-22(30)26-18-10-8-15-12-21(31-3)24(32-4)25(33-5)23(15)16-9-11-19(28)20(29)13-17(16)18/h9,11-13,18H,6-8,10,14H2,1-5H3,(H,26,30)(H,28,29)/t18-/m0/s1. The largest absolute Gasteiger partial charge is 0.504 e. The summed E-state index contributed by atoms with van der Waals surface area (Å²) >= 11 is 0. The lowest BCUT2D eigenvalue weighted by Crippen LogP contribution is -2.39. The van der Waals surface area contributed by atoms with Gasteiger partial charge in [0.05, 0.1) is 33.9 Å². The summed E-state index contributed by atoms with van der Waals surface area (Å²) in [5.41, 5.74) is 2.48. The van der Waals surface area contributed by atoms with E-state index in [1.807, 2.05) is 24.8 Å². The van der Waals surface area contributed by atoms with Crippen LogP contribution in [0.3, 0.4) is 0 Å². The first kappa shape index (κ1) is 24.4. The molecule has 178 valence electrons. The van der Waals surface area contributed by atoms with Crippen molar-refractivity contribution in [3.8, 4) is 34.1 Å². The first-order chi connectivity index (χ1) is 15.9. The van der Waals surface area contributed by atoms with Crippen LogP contribution in [0.4, 0.5) is 0 Å². The highest BCUT2D eigenvalue weighted by atomic mass is 16.5. The Morgan fingerprint density at radius 2 is 1.79 bits per heavy atom. The average Bonchev–Trinajstić information content (AvgIpc) is 3.05. The maximum atomic E-state index is 12.8. The van der Waals surface area contributed by atoms with E-state index in [2.05, 4.69) is 5.32 Å². The van der Waals surface area contributed by atoms with Crippen LogP contribution in [-0.2, 0) is 11.2 Å². The van der Waals surface area contributed by atoms with Crippen LogP contribution in [0.1, 0.15) is 37.4 Å². The van der Waals surface area contributed by atoms with Crippen LogP contribution in [-0.4, -0.2) is 56.9 Å². The number of fused-ring (bicyclic) bond motifs is 3. The molecule has 1 amide bonds. The number of carbonyl (C=O) groups is 1. The first-order valence-corrected chi connectivity index (χ1v) is 11.1. The van der Waals surface area contributed by atoms with Crippen molar-refractivity contribution in [1.82, 2.24) is 10.2 Å². The van der Waals surface area contributed by atoms with Crippen molar-refractivity contribution in [3.63, 3.8) is 0 Å². The molecule has 1 aliphatic rings. The third kappa shape index (κ3) is 4.90. The monoisotopic (exact) mass is 456 g/mol. The van der Waals surface area contributed by atoms with Gasteiger partial charge in [-0.3, -0.25) is 14.5 Å². The van der Waals surface area contributed by atoms with Crippen LogP contribution >= 0.6 is 0 Å². The molecule has 2 aromatic rings. The Hall–Kier alpha value is -3.26. The van der Waals surface area contributed by atoms with Crippen LogP contribution in [0.2, 0.25) is 0 Å². The van der Waals surface area contributed by atoms with Crippen molar-refractivity contribution >= 4 is 5.91 Å². The number of benzene rings is 1. The van der Waals surface area contributed by atoms with Crippen LogP contribution in [0.5, 0.6) is 23.0 Å². The highest BCUT2D eigenvalue weighted by Gasteiger charge is 2.29. The molecule has 0 radical (unpaired) electrons. The van der Waals surface area contributed by atoms with Crippen LogP contribution in [0.15, 0.2) is 29.1 Å². The Labute approximate surface area is 194 Å². The van der Waals surface area contributed by atoms with Crippen LogP contribution in [0, 0.1) is 0 Å². The molecule has 0 saturated carbocycles. The second kappa shape index (κ2) is 10.6. The van der Waals surface area contributed by atoms with Crippen molar-refractivity contribution in [1.29, 1.82) is 0 Å². The zero-order valence-electron chi connectivity index (χ0n) is 19.9. The summed E-state index contributed by atoms with van der Waals surface area (Å²) < 4.78 is 16.8. The molecule has 0 unspecified atom stereocenters. The van der Waals surface area contributed by atoms with Crippen molar-refractivity contribution in [3.05, 3.63) is 45.6 Å². The highest BCUT2D eigenvalue weighted by molar-refractivity contribution is 5.84. The molecule has 0 bridgehead atoms. The van der Waals surface area contributed by atoms with E-state index in [1.54, 1.807) is 20.3 Å². The molecule has 1 atom stereocenters. The maximum absolute atomic E-state index is 12.8. The van der Waals surface area contributed by atoms with Gasteiger partial charge in [0, 0.05) is 5.56 Å². The van der Waals surface area contributed by atoms with Crippen molar-refractivity contribution in [2.75, 3.05) is 41.0 Å². The Kier molecular flexibility index (Phi) is 7.81. The first-order valence-electron chi connectivity index (χ1n) is 11.1. The second-order valence-corrected chi connectivity index (χ2v) is 7.90. The summed E-state index contributed by atoms with van der Waals surface area (Å²) in [5.74, 6) is 0.961. The average molecular weight is 457 g/mol. The van der Waals surface area contributed by atoms with Crippen molar-refractivity contribution in [2.45, 2.75) is 32.7 Å². The normalized spacial score (nSPS) is 14.7. The van der Waals surface area contributed by atoms with Gasteiger partial charge >= 0.3 is 0 Å².